The molecule has 2 aliphatic rings. The number of urea groups is 1. The van der Waals surface area contributed by atoms with Crippen LogP contribution in [0, 0.1) is 0 Å². The van der Waals surface area contributed by atoms with Gasteiger partial charge in [0.2, 0.25) is 0 Å². The maximum atomic E-state index is 13.5. The molecule has 2 aliphatic heterocycles. The highest BCUT2D eigenvalue weighted by Crippen LogP contribution is 2.31. The number of piperidine rings is 1. The second kappa shape index (κ2) is 18.5. The molecule has 2 heterocycles. The molecule has 2 saturated heterocycles. The van der Waals surface area contributed by atoms with E-state index in [1.165, 1.54) is 17.0 Å². The molecule has 0 radical (unpaired) electrons. The second-order valence-corrected chi connectivity index (χ2v) is 13.9. The van der Waals surface area contributed by atoms with E-state index in [-0.39, 0.29) is 55.3 Å². The fourth-order valence-electron chi connectivity index (χ4n) is 6.16. The maximum absolute atomic E-state index is 13.5. The van der Waals surface area contributed by atoms with E-state index in [0.717, 1.165) is 37.9 Å². The van der Waals surface area contributed by atoms with Crippen molar-refractivity contribution in [2.24, 2.45) is 26.9 Å². The number of oxime groups is 3. The number of amidine groups is 2. The third-order valence-corrected chi connectivity index (χ3v) is 9.86. The summed E-state index contributed by atoms with van der Waals surface area (Å²) in [5, 5.41) is 29.7. The average Bonchev–Trinajstić information content (AvgIpc) is 3.09. The van der Waals surface area contributed by atoms with Gasteiger partial charge in [0, 0.05) is 60.8 Å². The second-order valence-electron chi connectivity index (χ2n) is 12.2. The van der Waals surface area contributed by atoms with Gasteiger partial charge in [-0.15, -0.1) is 0 Å². The maximum Gasteiger partial charge on any atom is 0.320 e. The van der Waals surface area contributed by atoms with Crippen LogP contribution in [0.3, 0.4) is 0 Å². The van der Waals surface area contributed by atoms with E-state index in [4.69, 9.17) is 73.1 Å². The molecule has 4 rings (SSSR count). The van der Waals surface area contributed by atoms with Gasteiger partial charge in [0.05, 0.1) is 28.8 Å². The Morgan fingerprint density at radius 1 is 0.980 bits per heavy atom. The topological polar surface area (TPSA) is 186 Å². The number of hydrogen-bond donors (Lipinski definition) is 4. The number of nitrogens with zero attached hydrogens (tertiary/aromatic N) is 7. The smallest absolute Gasteiger partial charge is 0.320 e. The number of carbonyl (C=O) groups excluding carboxylic acids is 2. The minimum Gasteiger partial charge on any atom is -0.409 e. The molecule has 2 fully saturated rings. The summed E-state index contributed by atoms with van der Waals surface area (Å²) < 4.78 is 0. The number of carbonyl (C=O) groups is 2. The van der Waals surface area contributed by atoms with Crippen molar-refractivity contribution in [1.29, 1.82) is 0 Å². The zero-order valence-electron chi connectivity index (χ0n) is 27.5. The standard InChI is InChI=1S/C32H41Cl4N9O5/c1-42(31(46)21-13-22(33)16-23(34)14-21)17-28(41-50-19-30(38)40-49)25(20-3-4-26(35)27(36)15-20)7-12-43-10-5-24(6-11-43)45-9-2-8-44(32(45)47)18-29(37)39-48/h3-4,13-16,24-25,48-49H,2,5-12,17-19H2,1H3,(H2,37,39)(H2,38,40). The van der Waals surface area contributed by atoms with Gasteiger partial charge in [-0.05, 0) is 68.1 Å². The first-order valence-corrected chi connectivity index (χ1v) is 17.5. The van der Waals surface area contributed by atoms with Gasteiger partial charge in [-0.3, -0.25) is 4.79 Å². The molecule has 2 aromatic carbocycles. The Morgan fingerprint density at radius 2 is 1.66 bits per heavy atom. The SMILES string of the molecule is CN(CC(=NOCC(N)=NO)C(CCN1CCC(N2CCCN(CC(N)=NO)C2=O)CC1)c1ccc(Cl)c(Cl)c1)C(=O)c1cc(Cl)cc(Cl)c1. The van der Waals surface area contributed by atoms with Crippen molar-refractivity contribution in [2.75, 3.05) is 59.5 Å². The summed E-state index contributed by atoms with van der Waals surface area (Å²) in [4.78, 5) is 39.5. The normalized spacial score (nSPS) is 17.6. The number of hydrogen-bond acceptors (Lipinski definition) is 9. The van der Waals surface area contributed by atoms with E-state index in [0.29, 0.717) is 57.4 Å². The van der Waals surface area contributed by atoms with Crippen LogP contribution in [0.5, 0.6) is 0 Å². The predicted molar refractivity (Wildman–Crippen MR) is 195 cm³/mol. The monoisotopic (exact) mass is 771 g/mol. The van der Waals surface area contributed by atoms with E-state index in [9.17, 15) is 9.59 Å². The Balaban J connectivity index is 1.52. The van der Waals surface area contributed by atoms with Crippen molar-refractivity contribution < 1.29 is 24.8 Å². The number of amides is 3. The average molecular weight is 774 g/mol. The van der Waals surface area contributed by atoms with Gasteiger partial charge in [-0.2, -0.15) is 0 Å². The number of rotatable bonds is 14. The summed E-state index contributed by atoms with van der Waals surface area (Å²) in [5.74, 6) is -0.913. The first-order chi connectivity index (χ1) is 23.9. The lowest BCUT2D eigenvalue weighted by atomic mass is 9.89. The summed E-state index contributed by atoms with van der Waals surface area (Å²) in [7, 11) is 1.63. The van der Waals surface area contributed by atoms with E-state index < -0.39 is 0 Å². The molecule has 3 amide bonds. The number of likely N-dealkylation sites (tertiary alicyclic amines) is 1. The molecule has 2 aromatic rings. The first kappa shape index (κ1) is 39.1. The van der Waals surface area contributed by atoms with Crippen molar-refractivity contribution in [2.45, 2.75) is 37.6 Å². The Bertz CT molecular complexity index is 1580. The Morgan fingerprint density at radius 3 is 2.30 bits per heavy atom. The van der Waals surface area contributed by atoms with E-state index in [1.54, 1.807) is 30.1 Å². The first-order valence-electron chi connectivity index (χ1n) is 16.0. The summed E-state index contributed by atoms with van der Waals surface area (Å²) in [6.07, 6.45) is 2.93. The van der Waals surface area contributed by atoms with Crippen molar-refractivity contribution in [1.82, 2.24) is 19.6 Å². The lowest BCUT2D eigenvalue weighted by Crippen LogP contribution is -2.57. The third kappa shape index (κ3) is 10.7. The molecule has 272 valence electrons. The highest BCUT2D eigenvalue weighted by Gasteiger charge is 2.34. The zero-order valence-corrected chi connectivity index (χ0v) is 30.5. The van der Waals surface area contributed by atoms with Crippen molar-refractivity contribution >= 4 is 75.7 Å². The molecule has 0 spiro atoms. The summed E-state index contributed by atoms with van der Waals surface area (Å²) >= 11 is 25.1. The fourth-order valence-corrected chi connectivity index (χ4v) is 7.00. The number of halogens is 4. The lowest BCUT2D eigenvalue weighted by molar-refractivity contribution is 0.0811. The molecule has 0 aromatic heterocycles. The van der Waals surface area contributed by atoms with Gasteiger partial charge in [-0.25, -0.2) is 4.79 Å². The summed E-state index contributed by atoms with van der Waals surface area (Å²) in [6, 6.07) is 9.90. The van der Waals surface area contributed by atoms with Gasteiger partial charge >= 0.3 is 6.03 Å². The minimum absolute atomic E-state index is 0.00530. The van der Waals surface area contributed by atoms with Gasteiger partial charge in [0.25, 0.3) is 5.91 Å². The summed E-state index contributed by atoms with van der Waals surface area (Å²) in [6.45, 7) is 3.23. The van der Waals surface area contributed by atoms with Crippen LogP contribution in [0.1, 0.15) is 47.5 Å². The van der Waals surface area contributed by atoms with E-state index in [2.05, 4.69) is 20.4 Å². The minimum atomic E-state index is -0.385. The Hall–Kier alpha value is -3.69. The molecule has 1 unspecified atom stereocenters. The molecule has 0 saturated carbocycles. The van der Waals surface area contributed by atoms with Crippen LogP contribution < -0.4 is 11.5 Å². The van der Waals surface area contributed by atoms with Crippen LogP contribution in [0.2, 0.25) is 20.1 Å². The molecular formula is C32H41Cl4N9O5. The third-order valence-electron chi connectivity index (χ3n) is 8.68. The molecule has 6 N–H and O–H groups in total. The van der Waals surface area contributed by atoms with Crippen LogP contribution in [-0.2, 0) is 4.84 Å². The van der Waals surface area contributed by atoms with E-state index >= 15 is 0 Å². The van der Waals surface area contributed by atoms with Crippen molar-refractivity contribution in [3.63, 3.8) is 0 Å². The molecule has 0 aliphatic carbocycles. The molecule has 14 nitrogen and oxygen atoms in total. The van der Waals surface area contributed by atoms with Gasteiger partial charge < -0.3 is 46.3 Å². The Kier molecular flexibility index (Phi) is 14.5. The predicted octanol–water partition coefficient (Wildman–Crippen LogP) is 5.00. The zero-order chi connectivity index (χ0) is 36.4. The van der Waals surface area contributed by atoms with Crippen molar-refractivity contribution in [3.8, 4) is 0 Å². The molecular weight excluding hydrogens is 732 g/mol. The molecule has 18 heteroatoms. The highest BCUT2D eigenvalue weighted by molar-refractivity contribution is 6.42. The molecule has 50 heavy (non-hydrogen) atoms. The summed E-state index contributed by atoms with van der Waals surface area (Å²) in [5.41, 5.74) is 12.9. The number of nitrogens with two attached hydrogens (primary N) is 2. The highest BCUT2D eigenvalue weighted by atomic mass is 35.5. The quantitative estimate of drug-likeness (QED) is 0.0894. The van der Waals surface area contributed by atoms with Crippen molar-refractivity contribution in [3.05, 3.63) is 67.6 Å². The molecule has 1 atom stereocenters. The van der Waals surface area contributed by atoms with Crippen LogP contribution >= 0.6 is 46.4 Å². The van der Waals surface area contributed by atoms with Crippen LogP contribution in [0.25, 0.3) is 0 Å². The van der Waals surface area contributed by atoms with Crippen LogP contribution in [0.15, 0.2) is 51.9 Å². The van der Waals surface area contributed by atoms with Gasteiger partial charge in [-0.1, -0.05) is 67.9 Å². The van der Waals surface area contributed by atoms with Crippen LogP contribution in [-0.4, -0.2) is 125 Å². The van der Waals surface area contributed by atoms with Crippen LogP contribution in [0.4, 0.5) is 4.79 Å². The van der Waals surface area contributed by atoms with E-state index in [1.807, 2.05) is 11.0 Å². The Labute approximate surface area is 310 Å². The fraction of sp³-hybridized carbons (Fsp3) is 0.469. The van der Waals surface area contributed by atoms with Gasteiger partial charge in [0.1, 0.15) is 0 Å². The lowest BCUT2D eigenvalue weighted by Gasteiger charge is -2.43. The number of benzene rings is 2. The van der Waals surface area contributed by atoms with Gasteiger partial charge in [0.15, 0.2) is 18.3 Å². The largest absolute Gasteiger partial charge is 0.409 e. The molecule has 0 bridgehead atoms.